The maximum atomic E-state index is 11.7. The molecule has 1 aliphatic rings. The van der Waals surface area contributed by atoms with E-state index in [0.717, 1.165) is 63.1 Å². The second-order valence-electron chi connectivity index (χ2n) is 6.59. The van der Waals surface area contributed by atoms with Gasteiger partial charge in [-0.1, -0.05) is 12.1 Å². The summed E-state index contributed by atoms with van der Waals surface area (Å²) in [6.45, 7) is 6.11. The molecule has 0 heterocycles. The smallest absolute Gasteiger partial charge is 0.251 e. The zero-order chi connectivity index (χ0) is 18.6. The lowest BCUT2D eigenvalue weighted by molar-refractivity contribution is 0.0963. The molecule has 1 amide bonds. The van der Waals surface area contributed by atoms with Crippen LogP contribution in [-0.2, 0) is 11.2 Å². The van der Waals surface area contributed by atoms with Crippen molar-refractivity contribution < 1.29 is 9.53 Å². The normalized spacial score (nSPS) is 13.6. The van der Waals surface area contributed by atoms with Crippen molar-refractivity contribution in [3.63, 3.8) is 0 Å². The van der Waals surface area contributed by atoms with Crippen LogP contribution in [0.15, 0.2) is 29.3 Å². The fourth-order valence-electron chi connectivity index (χ4n) is 2.57. The molecule has 1 aromatic rings. The number of halogens is 1. The van der Waals surface area contributed by atoms with Crippen molar-refractivity contribution in [1.82, 2.24) is 16.0 Å². The molecule has 0 atom stereocenters. The average Bonchev–Trinajstić information content (AvgIpc) is 3.48. The van der Waals surface area contributed by atoms with E-state index in [2.05, 4.69) is 27.9 Å². The maximum Gasteiger partial charge on any atom is 0.251 e. The quantitative estimate of drug-likeness (QED) is 0.194. The molecule has 6 nitrogen and oxygen atoms in total. The van der Waals surface area contributed by atoms with Crippen LogP contribution < -0.4 is 16.0 Å². The Labute approximate surface area is 179 Å². The lowest BCUT2D eigenvalue weighted by Crippen LogP contribution is -2.38. The SMILES string of the molecule is CCNC(=NCCCOCC1CC1)NCCc1cccc(C(=O)NC)c1.I. The van der Waals surface area contributed by atoms with Crippen LogP contribution in [0.1, 0.15) is 42.1 Å². The first kappa shape index (κ1) is 23.7. The van der Waals surface area contributed by atoms with Crippen LogP contribution in [0.2, 0.25) is 0 Å². The van der Waals surface area contributed by atoms with E-state index in [4.69, 9.17) is 4.74 Å². The van der Waals surface area contributed by atoms with Crippen molar-refractivity contribution in [2.24, 2.45) is 10.9 Å². The summed E-state index contributed by atoms with van der Waals surface area (Å²) >= 11 is 0. The number of amides is 1. The monoisotopic (exact) mass is 488 g/mol. The van der Waals surface area contributed by atoms with Gasteiger partial charge in [0.05, 0.1) is 0 Å². The van der Waals surface area contributed by atoms with Crippen LogP contribution >= 0.6 is 24.0 Å². The molecule has 3 N–H and O–H groups in total. The van der Waals surface area contributed by atoms with Crippen molar-refractivity contribution in [2.75, 3.05) is 39.9 Å². The van der Waals surface area contributed by atoms with Gasteiger partial charge in [-0.3, -0.25) is 9.79 Å². The minimum absolute atomic E-state index is 0. The number of aliphatic imine (C=N–C) groups is 1. The highest BCUT2D eigenvalue weighted by Gasteiger charge is 2.20. The Bertz CT molecular complexity index is 591. The van der Waals surface area contributed by atoms with Crippen LogP contribution in [0.25, 0.3) is 0 Å². The number of carbonyl (C=O) groups excluding carboxylic acids is 1. The second kappa shape index (κ2) is 13.8. The Morgan fingerprint density at radius 1 is 1.30 bits per heavy atom. The van der Waals surface area contributed by atoms with Gasteiger partial charge < -0.3 is 20.7 Å². The molecule has 152 valence electrons. The van der Waals surface area contributed by atoms with Gasteiger partial charge in [0.15, 0.2) is 5.96 Å². The lowest BCUT2D eigenvalue weighted by atomic mass is 10.1. The number of nitrogens with zero attached hydrogens (tertiary/aromatic N) is 1. The number of hydrogen-bond acceptors (Lipinski definition) is 3. The number of ether oxygens (including phenoxy) is 1. The molecule has 1 aliphatic carbocycles. The zero-order valence-corrected chi connectivity index (χ0v) is 18.8. The molecule has 0 spiro atoms. The van der Waals surface area contributed by atoms with Gasteiger partial charge in [-0.15, -0.1) is 24.0 Å². The Balaban J connectivity index is 0.00000364. The summed E-state index contributed by atoms with van der Waals surface area (Å²) in [6.07, 6.45) is 4.44. The molecular weight excluding hydrogens is 455 g/mol. The van der Waals surface area contributed by atoms with E-state index in [1.807, 2.05) is 24.3 Å². The molecule has 0 saturated heterocycles. The summed E-state index contributed by atoms with van der Waals surface area (Å²) in [5.74, 6) is 1.59. The molecular formula is C20H33IN4O2. The van der Waals surface area contributed by atoms with Gasteiger partial charge in [0.1, 0.15) is 0 Å². The van der Waals surface area contributed by atoms with E-state index >= 15 is 0 Å². The summed E-state index contributed by atoms with van der Waals surface area (Å²) in [6, 6.07) is 7.71. The fourth-order valence-corrected chi connectivity index (χ4v) is 2.57. The van der Waals surface area contributed by atoms with Gasteiger partial charge >= 0.3 is 0 Å². The summed E-state index contributed by atoms with van der Waals surface area (Å²) in [5.41, 5.74) is 1.82. The Morgan fingerprint density at radius 3 is 2.81 bits per heavy atom. The van der Waals surface area contributed by atoms with Gasteiger partial charge in [-0.05, 0) is 56.2 Å². The summed E-state index contributed by atoms with van der Waals surface area (Å²) in [5, 5.41) is 9.26. The van der Waals surface area contributed by atoms with Crippen molar-refractivity contribution >= 4 is 35.8 Å². The Morgan fingerprint density at radius 2 is 2.11 bits per heavy atom. The summed E-state index contributed by atoms with van der Waals surface area (Å²) < 4.78 is 5.64. The van der Waals surface area contributed by atoms with E-state index < -0.39 is 0 Å². The van der Waals surface area contributed by atoms with Gasteiger partial charge in [-0.2, -0.15) is 0 Å². The van der Waals surface area contributed by atoms with Crippen molar-refractivity contribution in [2.45, 2.75) is 32.6 Å². The molecule has 0 radical (unpaired) electrons. The van der Waals surface area contributed by atoms with Crippen molar-refractivity contribution in [3.8, 4) is 0 Å². The predicted molar refractivity (Wildman–Crippen MR) is 121 cm³/mol. The van der Waals surface area contributed by atoms with Gasteiger partial charge in [0.2, 0.25) is 0 Å². The molecule has 2 rings (SSSR count). The van der Waals surface area contributed by atoms with Crippen LogP contribution in [0.4, 0.5) is 0 Å². The third-order valence-electron chi connectivity index (χ3n) is 4.23. The zero-order valence-electron chi connectivity index (χ0n) is 16.4. The number of benzene rings is 1. The third kappa shape index (κ3) is 9.95. The molecule has 0 bridgehead atoms. The number of rotatable bonds is 11. The van der Waals surface area contributed by atoms with E-state index in [9.17, 15) is 4.79 Å². The molecule has 0 aromatic heterocycles. The van der Waals surface area contributed by atoms with Crippen LogP contribution in [0.3, 0.4) is 0 Å². The molecule has 27 heavy (non-hydrogen) atoms. The highest BCUT2D eigenvalue weighted by molar-refractivity contribution is 14.0. The summed E-state index contributed by atoms with van der Waals surface area (Å²) in [7, 11) is 1.65. The third-order valence-corrected chi connectivity index (χ3v) is 4.23. The number of guanidine groups is 1. The van der Waals surface area contributed by atoms with E-state index in [1.165, 1.54) is 12.8 Å². The first-order chi connectivity index (χ1) is 12.7. The molecule has 1 saturated carbocycles. The van der Waals surface area contributed by atoms with Crippen LogP contribution in [0, 0.1) is 5.92 Å². The Hall–Kier alpha value is -1.35. The largest absolute Gasteiger partial charge is 0.381 e. The summed E-state index contributed by atoms with van der Waals surface area (Å²) in [4.78, 5) is 16.3. The van der Waals surface area contributed by atoms with Gasteiger partial charge in [-0.25, -0.2) is 0 Å². The molecule has 7 heteroatoms. The first-order valence-corrected chi connectivity index (χ1v) is 9.64. The standard InChI is InChI=1S/C20H32N4O2.HI/c1-3-22-20(23-11-5-13-26-15-17-8-9-17)24-12-10-16-6-4-7-18(14-16)19(25)21-2;/h4,6-7,14,17H,3,5,8-13,15H2,1-2H3,(H,21,25)(H2,22,23,24);1H. The highest BCUT2D eigenvalue weighted by atomic mass is 127. The van der Waals surface area contributed by atoms with E-state index in [1.54, 1.807) is 7.05 Å². The molecule has 1 fully saturated rings. The topological polar surface area (TPSA) is 74.8 Å². The maximum absolute atomic E-state index is 11.7. The van der Waals surface area contributed by atoms with Gasteiger partial charge in [0, 0.05) is 45.5 Å². The second-order valence-corrected chi connectivity index (χ2v) is 6.59. The van der Waals surface area contributed by atoms with E-state index in [-0.39, 0.29) is 29.9 Å². The Kier molecular flexibility index (Phi) is 12.1. The number of hydrogen-bond donors (Lipinski definition) is 3. The predicted octanol–water partition coefficient (Wildman–Crippen LogP) is 2.58. The van der Waals surface area contributed by atoms with Crippen LogP contribution in [-0.4, -0.2) is 51.8 Å². The fraction of sp³-hybridized carbons (Fsp3) is 0.600. The number of nitrogens with one attached hydrogen (secondary N) is 3. The highest BCUT2D eigenvalue weighted by Crippen LogP contribution is 2.28. The molecule has 0 aliphatic heterocycles. The van der Waals surface area contributed by atoms with E-state index in [0.29, 0.717) is 5.56 Å². The van der Waals surface area contributed by atoms with Crippen molar-refractivity contribution in [1.29, 1.82) is 0 Å². The number of carbonyl (C=O) groups is 1. The minimum Gasteiger partial charge on any atom is -0.381 e. The average molecular weight is 488 g/mol. The first-order valence-electron chi connectivity index (χ1n) is 9.64. The minimum atomic E-state index is -0.0568. The lowest BCUT2D eigenvalue weighted by Gasteiger charge is -2.12. The molecule has 0 unspecified atom stereocenters. The van der Waals surface area contributed by atoms with Crippen LogP contribution in [0.5, 0.6) is 0 Å². The molecule has 1 aromatic carbocycles. The van der Waals surface area contributed by atoms with Gasteiger partial charge in [0.25, 0.3) is 5.91 Å². The van der Waals surface area contributed by atoms with Crippen molar-refractivity contribution in [3.05, 3.63) is 35.4 Å².